The summed E-state index contributed by atoms with van der Waals surface area (Å²) in [5, 5.41) is 0. The minimum absolute atomic E-state index is 0.0835. The van der Waals surface area contributed by atoms with Crippen molar-refractivity contribution in [3.63, 3.8) is 0 Å². The number of hydrogen-bond donors (Lipinski definition) is 1. The summed E-state index contributed by atoms with van der Waals surface area (Å²) in [7, 11) is 1.99. The third-order valence-corrected chi connectivity index (χ3v) is 6.75. The molecule has 1 unspecified atom stereocenters. The normalized spacial score (nSPS) is 11.7. The second-order valence-electron chi connectivity index (χ2n) is 9.11. The van der Waals surface area contributed by atoms with E-state index in [-0.39, 0.29) is 19.0 Å². The van der Waals surface area contributed by atoms with E-state index in [4.69, 9.17) is 15.2 Å². The number of carbonyl (C=O) groups is 3. The predicted octanol–water partition coefficient (Wildman–Crippen LogP) is 5.61. The molecule has 2 N–H and O–H groups in total. The van der Waals surface area contributed by atoms with E-state index in [1.807, 2.05) is 13.1 Å². The zero-order valence-electron chi connectivity index (χ0n) is 21.9. The van der Waals surface area contributed by atoms with Crippen molar-refractivity contribution in [3.05, 3.63) is 99.0 Å². The van der Waals surface area contributed by atoms with E-state index in [0.29, 0.717) is 39.0 Å². The molecule has 0 radical (unpaired) electrons. The number of nitrogens with zero attached hydrogens (tertiary/aromatic N) is 1. The number of carbonyl (C=O) groups excluding carboxylic acids is 3. The smallest absolute Gasteiger partial charge is 0.338 e. The molecule has 0 saturated heterocycles. The van der Waals surface area contributed by atoms with Gasteiger partial charge in [0.2, 0.25) is 0 Å². The first-order valence-electron chi connectivity index (χ1n) is 12.5. The molecule has 7 nitrogen and oxygen atoms in total. The lowest BCUT2D eigenvalue weighted by molar-refractivity contribution is -0.146. The van der Waals surface area contributed by atoms with E-state index < -0.39 is 17.9 Å². The van der Waals surface area contributed by atoms with Crippen molar-refractivity contribution in [3.8, 4) is 0 Å². The molecule has 0 aliphatic rings. The SMILES string of the molecule is CCCN(C)Cc1cc(C(=O)OCCOC(=O)C(C)c2cccc(C(=O)c3ccccc3)c2)cc(Br)c1N. The number of esters is 2. The number of nitrogens with two attached hydrogens (primary N) is 1. The Morgan fingerprint density at radius 1 is 0.921 bits per heavy atom. The standard InChI is InChI=1S/C30H33BrN2O5/c1-4-13-33(3)19-25-17-24(18-26(31)27(25)32)30(36)38-15-14-37-29(35)20(2)22-11-8-12-23(16-22)28(34)21-9-6-5-7-10-21/h5-12,16-18,20H,4,13-15,19,32H2,1-3H3. The first kappa shape index (κ1) is 29.1. The Hall–Kier alpha value is -3.49. The zero-order chi connectivity index (χ0) is 27.7. The first-order chi connectivity index (χ1) is 18.2. The summed E-state index contributed by atoms with van der Waals surface area (Å²) in [4.78, 5) is 40.1. The number of ketones is 1. The number of rotatable bonds is 12. The second kappa shape index (κ2) is 13.9. The molecule has 0 aromatic heterocycles. The number of hydrogen-bond acceptors (Lipinski definition) is 7. The number of benzene rings is 3. The van der Waals surface area contributed by atoms with E-state index >= 15 is 0 Å². The van der Waals surface area contributed by atoms with Crippen LogP contribution in [0.5, 0.6) is 0 Å². The average molecular weight is 582 g/mol. The lowest BCUT2D eigenvalue weighted by Crippen LogP contribution is -2.20. The maximum Gasteiger partial charge on any atom is 0.338 e. The molecular formula is C30H33BrN2O5. The van der Waals surface area contributed by atoms with Gasteiger partial charge in [0, 0.05) is 22.1 Å². The van der Waals surface area contributed by atoms with Crippen LogP contribution in [0, 0.1) is 0 Å². The summed E-state index contributed by atoms with van der Waals surface area (Å²) < 4.78 is 11.3. The van der Waals surface area contributed by atoms with Gasteiger partial charge in [0.15, 0.2) is 5.78 Å². The van der Waals surface area contributed by atoms with Crippen LogP contribution in [0.3, 0.4) is 0 Å². The average Bonchev–Trinajstić information content (AvgIpc) is 2.93. The van der Waals surface area contributed by atoms with Crippen LogP contribution in [0.4, 0.5) is 5.69 Å². The lowest BCUT2D eigenvalue weighted by Gasteiger charge is -2.18. The number of halogens is 1. The monoisotopic (exact) mass is 580 g/mol. The van der Waals surface area contributed by atoms with Crippen molar-refractivity contribution in [2.75, 3.05) is 32.5 Å². The molecule has 0 bridgehead atoms. The molecule has 8 heteroatoms. The van der Waals surface area contributed by atoms with Crippen LogP contribution in [0.15, 0.2) is 71.2 Å². The van der Waals surface area contributed by atoms with Crippen LogP contribution in [0.25, 0.3) is 0 Å². The molecule has 0 heterocycles. The van der Waals surface area contributed by atoms with Gasteiger partial charge in [-0.15, -0.1) is 0 Å². The molecule has 200 valence electrons. The van der Waals surface area contributed by atoms with Crippen molar-refractivity contribution in [2.45, 2.75) is 32.7 Å². The minimum atomic E-state index is -0.593. The number of anilines is 1. The van der Waals surface area contributed by atoms with Gasteiger partial charge in [-0.2, -0.15) is 0 Å². The molecule has 0 aliphatic heterocycles. The lowest BCUT2D eigenvalue weighted by atomic mass is 9.96. The van der Waals surface area contributed by atoms with Gasteiger partial charge in [-0.3, -0.25) is 9.59 Å². The maximum atomic E-state index is 12.7. The Morgan fingerprint density at radius 3 is 2.32 bits per heavy atom. The zero-order valence-corrected chi connectivity index (χ0v) is 23.5. The molecule has 0 amide bonds. The fourth-order valence-electron chi connectivity index (χ4n) is 4.00. The Bertz CT molecular complexity index is 1280. The van der Waals surface area contributed by atoms with Gasteiger partial charge < -0.3 is 20.1 Å². The highest BCUT2D eigenvalue weighted by molar-refractivity contribution is 9.10. The summed E-state index contributed by atoms with van der Waals surface area (Å²) in [6, 6.07) is 19.3. The third kappa shape index (κ3) is 7.76. The minimum Gasteiger partial charge on any atom is -0.462 e. The Balaban J connectivity index is 1.54. The summed E-state index contributed by atoms with van der Waals surface area (Å²) >= 11 is 3.42. The highest BCUT2D eigenvalue weighted by Gasteiger charge is 2.19. The van der Waals surface area contributed by atoms with Crippen LogP contribution in [-0.4, -0.2) is 49.4 Å². The highest BCUT2D eigenvalue weighted by atomic mass is 79.9. The van der Waals surface area contributed by atoms with Crippen LogP contribution >= 0.6 is 15.9 Å². The molecule has 1 atom stereocenters. The molecule has 0 spiro atoms. The van der Waals surface area contributed by atoms with Crippen molar-refractivity contribution < 1.29 is 23.9 Å². The predicted molar refractivity (Wildman–Crippen MR) is 151 cm³/mol. The molecular weight excluding hydrogens is 548 g/mol. The van der Waals surface area contributed by atoms with Gasteiger partial charge in [-0.1, -0.05) is 55.5 Å². The molecule has 3 aromatic carbocycles. The van der Waals surface area contributed by atoms with Crippen LogP contribution in [0.2, 0.25) is 0 Å². The first-order valence-corrected chi connectivity index (χ1v) is 13.3. The summed E-state index contributed by atoms with van der Waals surface area (Å²) in [5.41, 5.74) is 9.71. The third-order valence-electron chi connectivity index (χ3n) is 6.10. The second-order valence-corrected chi connectivity index (χ2v) is 9.97. The van der Waals surface area contributed by atoms with E-state index in [1.54, 1.807) is 67.6 Å². The molecule has 0 aliphatic carbocycles. The van der Waals surface area contributed by atoms with E-state index in [0.717, 1.165) is 18.5 Å². The maximum absolute atomic E-state index is 12.7. The Labute approximate surface area is 232 Å². The van der Waals surface area contributed by atoms with E-state index in [1.165, 1.54) is 0 Å². The molecule has 3 aromatic rings. The molecule has 0 fully saturated rings. The van der Waals surface area contributed by atoms with Crippen molar-refractivity contribution in [2.24, 2.45) is 0 Å². The fraction of sp³-hybridized carbons (Fsp3) is 0.300. The van der Waals surface area contributed by atoms with E-state index in [9.17, 15) is 14.4 Å². The Kier molecular flexibility index (Phi) is 10.6. The van der Waals surface area contributed by atoms with Crippen LogP contribution < -0.4 is 5.73 Å². The quantitative estimate of drug-likeness (QED) is 0.129. The summed E-state index contributed by atoms with van der Waals surface area (Å²) in [6.07, 6.45) is 1.01. The van der Waals surface area contributed by atoms with Crippen molar-refractivity contribution >= 4 is 39.3 Å². The topological polar surface area (TPSA) is 98.9 Å². The van der Waals surface area contributed by atoms with Crippen molar-refractivity contribution in [1.82, 2.24) is 4.90 Å². The number of ether oxygens (including phenoxy) is 2. The number of nitrogen functional groups attached to an aromatic ring is 1. The van der Waals surface area contributed by atoms with Gasteiger partial charge >= 0.3 is 11.9 Å². The van der Waals surface area contributed by atoms with Crippen LogP contribution in [0.1, 0.15) is 63.6 Å². The fourth-order valence-corrected chi connectivity index (χ4v) is 4.50. The Morgan fingerprint density at radius 2 is 1.61 bits per heavy atom. The van der Waals surface area contributed by atoms with Crippen molar-refractivity contribution in [1.29, 1.82) is 0 Å². The van der Waals surface area contributed by atoms with Gasteiger partial charge in [-0.25, -0.2) is 4.79 Å². The van der Waals surface area contributed by atoms with Gasteiger partial charge in [0.05, 0.1) is 17.2 Å². The van der Waals surface area contributed by atoms with Gasteiger partial charge in [0.25, 0.3) is 0 Å². The van der Waals surface area contributed by atoms with Gasteiger partial charge in [0.1, 0.15) is 13.2 Å². The summed E-state index contributed by atoms with van der Waals surface area (Å²) in [6.45, 7) is 5.15. The largest absolute Gasteiger partial charge is 0.462 e. The highest BCUT2D eigenvalue weighted by Crippen LogP contribution is 2.27. The molecule has 3 rings (SSSR count). The molecule has 38 heavy (non-hydrogen) atoms. The van der Waals surface area contributed by atoms with Crippen LogP contribution in [-0.2, 0) is 20.8 Å². The van der Waals surface area contributed by atoms with Gasteiger partial charge in [-0.05, 0) is 72.2 Å². The summed E-state index contributed by atoms with van der Waals surface area (Å²) in [5.74, 6) is -1.71. The molecule has 0 saturated carbocycles. The van der Waals surface area contributed by atoms with E-state index in [2.05, 4.69) is 27.8 Å².